The molecule has 4 saturated carbocycles. The van der Waals surface area contributed by atoms with Crippen molar-refractivity contribution in [3.8, 4) is 0 Å². The molecule has 4 aliphatic rings. The van der Waals surface area contributed by atoms with Gasteiger partial charge in [0.05, 0.1) is 0 Å². The van der Waals surface area contributed by atoms with E-state index in [0.717, 1.165) is 24.8 Å². The Labute approximate surface area is 77.0 Å². The maximum absolute atomic E-state index is 11.7. The van der Waals surface area contributed by atoms with E-state index in [0.29, 0.717) is 11.6 Å². The second kappa shape index (κ2) is 2.11. The summed E-state index contributed by atoms with van der Waals surface area (Å²) in [6.45, 7) is 3.91. The highest BCUT2D eigenvalue weighted by Crippen LogP contribution is 2.52. The normalized spacial score (nSPS) is 47.5. The van der Waals surface area contributed by atoms with Crippen molar-refractivity contribution in [3.63, 3.8) is 0 Å². The van der Waals surface area contributed by atoms with Crippen LogP contribution in [0.5, 0.6) is 0 Å². The summed E-state index contributed by atoms with van der Waals surface area (Å²) in [4.78, 5) is 23.4. The topological polar surface area (TPSA) is 34.1 Å². The second-order valence-electron chi connectivity index (χ2n) is 4.59. The van der Waals surface area contributed by atoms with Gasteiger partial charge in [0.1, 0.15) is 11.6 Å². The van der Waals surface area contributed by atoms with Crippen LogP contribution in [0.2, 0.25) is 0 Å². The number of rotatable bonds is 0. The van der Waals surface area contributed by atoms with Gasteiger partial charge in [-0.15, -0.1) is 0 Å². The van der Waals surface area contributed by atoms with Crippen molar-refractivity contribution in [2.75, 3.05) is 0 Å². The molecule has 4 bridgehead atoms. The van der Waals surface area contributed by atoms with Gasteiger partial charge in [0.15, 0.2) is 0 Å². The summed E-state index contributed by atoms with van der Waals surface area (Å²) < 4.78 is 0. The van der Waals surface area contributed by atoms with Crippen LogP contribution >= 0.6 is 0 Å². The number of hydrogen-bond donors (Lipinski definition) is 0. The quantitative estimate of drug-likeness (QED) is 0.522. The molecule has 4 rings (SSSR count). The van der Waals surface area contributed by atoms with Crippen LogP contribution in [0, 0.1) is 23.7 Å². The molecule has 4 atom stereocenters. The Hall–Kier alpha value is -0.920. The van der Waals surface area contributed by atoms with Gasteiger partial charge in [-0.05, 0) is 19.3 Å². The molecule has 0 radical (unpaired) electrons. The van der Waals surface area contributed by atoms with Gasteiger partial charge in [-0.3, -0.25) is 9.59 Å². The van der Waals surface area contributed by atoms with Crippen molar-refractivity contribution >= 4 is 11.6 Å². The van der Waals surface area contributed by atoms with Crippen LogP contribution in [-0.4, -0.2) is 11.6 Å². The molecule has 0 aliphatic heterocycles. The first-order chi connectivity index (χ1) is 6.18. The fourth-order valence-corrected chi connectivity index (χ4v) is 3.28. The molecule has 0 N–H and O–H groups in total. The van der Waals surface area contributed by atoms with Crippen molar-refractivity contribution in [1.82, 2.24) is 0 Å². The SMILES string of the molecule is C=C1C2CC3CC(CC1C3=O)C2=O. The Morgan fingerprint density at radius 3 is 1.85 bits per heavy atom. The van der Waals surface area contributed by atoms with Crippen LogP contribution in [0.25, 0.3) is 0 Å². The summed E-state index contributed by atoms with van der Waals surface area (Å²) in [5.41, 5.74) is 0.919. The Morgan fingerprint density at radius 1 is 0.923 bits per heavy atom. The number of carbonyl (C=O) groups excluding carboxylic acids is 2. The van der Waals surface area contributed by atoms with E-state index in [-0.39, 0.29) is 23.7 Å². The summed E-state index contributed by atoms with van der Waals surface area (Å²) in [7, 11) is 0. The molecule has 2 heteroatoms. The molecule has 4 unspecified atom stereocenters. The van der Waals surface area contributed by atoms with Crippen molar-refractivity contribution in [2.24, 2.45) is 23.7 Å². The third-order valence-corrected chi connectivity index (χ3v) is 4.00. The van der Waals surface area contributed by atoms with E-state index in [1.54, 1.807) is 0 Å². The van der Waals surface area contributed by atoms with E-state index in [1.165, 1.54) is 0 Å². The third kappa shape index (κ3) is 0.742. The molecule has 2 nitrogen and oxygen atoms in total. The minimum Gasteiger partial charge on any atom is -0.299 e. The van der Waals surface area contributed by atoms with Crippen LogP contribution in [0.4, 0.5) is 0 Å². The average Bonchev–Trinajstić information content (AvgIpc) is 2.10. The predicted molar refractivity (Wildman–Crippen MR) is 47.0 cm³/mol. The first-order valence-corrected chi connectivity index (χ1v) is 4.94. The van der Waals surface area contributed by atoms with E-state index >= 15 is 0 Å². The zero-order chi connectivity index (χ0) is 9.16. The van der Waals surface area contributed by atoms with Crippen molar-refractivity contribution in [2.45, 2.75) is 19.3 Å². The van der Waals surface area contributed by atoms with Crippen LogP contribution in [-0.2, 0) is 9.59 Å². The highest BCUT2D eigenvalue weighted by Gasteiger charge is 2.53. The third-order valence-electron chi connectivity index (χ3n) is 4.00. The molecule has 13 heavy (non-hydrogen) atoms. The summed E-state index contributed by atoms with van der Waals surface area (Å²) in [5.74, 6) is 1.20. The first kappa shape index (κ1) is 7.48. The smallest absolute Gasteiger partial charge is 0.143 e. The Kier molecular flexibility index (Phi) is 1.22. The minimum absolute atomic E-state index is 0.0419. The van der Waals surface area contributed by atoms with E-state index in [4.69, 9.17) is 0 Å². The summed E-state index contributed by atoms with van der Waals surface area (Å²) in [6.07, 6.45) is 2.37. The maximum atomic E-state index is 11.7. The lowest BCUT2D eigenvalue weighted by molar-refractivity contribution is -0.145. The first-order valence-electron chi connectivity index (χ1n) is 4.94. The molecule has 0 aromatic carbocycles. The largest absolute Gasteiger partial charge is 0.299 e. The highest BCUT2D eigenvalue weighted by molar-refractivity contribution is 5.99. The van der Waals surface area contributed by atoms with Gasteiger partial charge in [-0.25, -0.2) is 0 Å². The fourth-order valence-electron chi connectivity index (χ4n) is 3.28. The number of allylic oxidation sites excluding steroid dienone is 1. The average molecular weight is 176 g/mol. The molecule has 0 spiro atoms. The molecule has 4 aliphatic carbocycles. The fraction of sp³-hybridized carbons (Fsp3) is 0.636. The van der Waals surface area contributed by atoms with Crippen LogP contribution in [0.15, 0.2) is 12.2 Å². The predicted octanol–water partition coefficient (Wildman–Crippen LogP) is 1.36. The molecule has 0 aromatic rings. The number of Topliss-reactive ketones (excluding diaryl/α,β-unsaturated/α-hetero) is 2. The Balaban J connectivity index is 2.08. The number of hydrogen-bond acceptors (Lipinski definition) is 2. The van der Waals surface area contributed by atoms with Crippen LogP contribution in [0.1, 0.15) is 19.3 Å². The molecule has 0 saturated heterocycles. The van der Waals surface area contributed by atoms with Gasteiger partial charge in [0, 0.05) is 23.7 Å². The standard InChI is InChI=1S/C11H12O2/c1-5-8-3-6-2-7(11(8)13)4-9(5)10(6)12/h6-9H,1-4H2. The van der Waals surface area contributed by atoms with Crippen molar-refractivity contribution in [3.05, 3.63) is 12.2 Å². The molecular weight excluding hydrogens is 164 g/mol. The van der Waals surface area contributed by atoms with Crippen LogP contribution in [0.3, 0.4) is 0 Å². The van der Waals surface area contributed by atoms with Gasteiger partial charge >= 0.3 is 0 Å². The van der Waals surface area contributed by atoms with Gasteiger partial charge < -0.3 is 0 Å². The summed E-state index contributed by atoms with van der Waals surface area (Å²) in [5, 5.41) is 0. The Bertz CT molecular complexity index is 299. The van der Waals surface area contributed by atoms with Gasteiger partial charge in [0.2, 0.25) is 0 Å². The zero-order valence-electron chi connectivity index (χ0n) is 7.45. The highest BCUT2D eigenvalue weighted by atomic mass is 16.1. The molecular formula is C11H12O2. The van der Waals surface area contributed by atoms with E-state index in [2.05, 4.69) is 6.58 Å². The molecule has 0 heterocycles. The maximum Gasteiger partial charge on any atom is 0.143 e. The molecule has 0 amide bonds. The summed E-state index contributed by atoms with van der Waals surface area (Å²) in [6, 6.07) is 0. The molecule has 4 fully saturated rings. The van der Waals surface area contributed by atoms with Crippen LogP contribution < -0.4 is 0 Å². The Morgan fingerprint density at radius 2 is 1.38 bits per heavy atom. The lowest BCUT2D eigenvalue weighted by Gasteiger charge is -2.48. The lowest BCUT2D eigenvalue weighted by atomic mass is 9.53. The van der Waals surface area contributed by atoms with Gasteiger partial charge in [-0.1, -0.05) is 12.2 Å². The van der Waals surface area contributed by atoms with Crippen molar-refractivity contribution < 1.29 is 9.59 Å². The lowest BCUT2D eigenvalue weighted by Crippen LogP contribution is -2.52. The zero-order valence-corrected chi connectivity index (χ0v) is 7.45. The molecule has 68 valence electrons. The number of ketones is 2. The minimum atomic E-state index is 0.0419. The number of carbonyl (C=O) groups is 2. The summed E-state index contributed by atoms with van der Waals surface area (Å²) >= 11 is 0. The van der Waals surface area contributed by atoms with E-state index in [1.807, 2.05) is 0 Å². The van der Waals surface area contributed by atoms with Crippen molar-refractivity contribution in [1.29, 1.82) is 0 Å². The van der Waals surface area contributed by atoms with Gasteiger partial charge in [0.25, 0.3) is 0 Å². The van der Waals surface area contributed by atoms with E-state index < -0.39 is 0 Å². The second-order valence-corrected chi connectivity index (χ2v) is 4.59. The monoisotopic (exact) mass is 176 g/mol. The van der Waals surface area contributed by atoms with Gasteiger partial charge in [-0.2, -0.15) is 0 Å². The van der Waals surface area contributed by atoms with E-state index in [9.17, 15) is 9.59 Å². The molecule has 0 aromatic heterocycles.